The molecule has 0 saturated carbocycles. The van der Waals surface area contributed by atoms with Crippen LogP contribution in [0.1, 0.15) is 21.6 Å². The maximum Gasteiger partial charge on any atom is 0.272 e. The van der Waals surface area contributed by atoms with Gasteiger partial charge in [0.25, 0.3) is 5.91 Å². The van der Waals surface area contributed by atoms with Crippen LogP contribution in [0.15, 0.2) is 54.6 Å². The Hall–Kier alpha value is -3.61. The number of nitrogens with one attached hydrogen (secondary N) is 2. The lowest BCUT2D eigenvalue weighted by molar-refractivity contribution is 0.0945. The normalized spacial score (nSPS) is 12.3. The summed E-state index contributed by atoms with van der Waals surface area (Å²) in [6.07, 6.45) is 0. The summed E-state index contributed by atoms with van der Waals surface area (Å²) in [5.41, 5.74) is 3.27. The van der Waals surface area contributed by atoms with Gasteiger partial charge in [0.1, 0.15) is 13.2 Å². The van der Waals surface area contributed by atoms with E-state index in [2.05, 4.69) is 20.8 Å². The van der Waals surface area contributed by atoms with Gasteiger partial charge in [0.15, 0.2) is 23.0 Å². The molecule has 142 valence electrons. The monoisotopic (exact) mass is 376 g/mol. The van der Waals surface area contributed by atoms with Gasteiger partial charge in [0, 0.05) is 18.3 Å². The Morgan fingerprint density at radius 3 is 2.61 bits per heavy atom. The molecule has 1 aliphatic heterocycles. The average molecular weight is 376 g/mol. The van der Waals surface area contributed by atoms with E-state index in [4.69, 9.17) is 9.47 Å². The van der Waals surface area contributed by atoms with Crippen LogP contribution in [-0.4, -0.2) is 29.3 Å². The third-order valence-electron chi connectivity index (χ3n) is 4.41. The molecule has 28 heavy (non-hydrogen) atoms. The van der Waals surface area contributed by atoms with Crippen LogP contribution < -0.4 is 20.1 Å². The van der Waals surface area contributed by atoms with Gasteiger partial charge in [0.2, 0.25) is 0 Å². The van der Waals surface area contributed by atoms with Gasteiger partial charge in [-0.1, -0.05) is 24.3 Å². The van der Waals surface area contributed by atoms with Crippen LogP contribution in [0, 0.1) is 6.92 Å². The van der Waals surface area contributed by atoms with E-state index < -0.39 is 0 Å². The Balaban J connectivity index is 1.38. The fourth-order valence-electron chi connectivity index (χ4n) is 2.86. The first-order valence-electron chi connectivity index (χ1n) is 9.02. The van der Waals surface area contributed by atoms with Gasteiger partial charge in [0.05, 0.1) is 0 Å². The molecule has 3 aromatic rings. The first-order valence-corrected chi connectivity index (χ1v) is 9.02. The number of benzene rings is 2. The van der Waals surface area contributed by atoms with Crippen LogP contribution in [0.4, 0.5) is 11.5 Å². The van der Waals surface area contributed by atoms with E-state index in [0.29, 0.717) is 31.3 Å². The lowest BCUT2D eigenvalue weighted by Gasteiger charge is -2.19. The standard InChI is InChI=1S/C21H20N4O3/c1-14-4-2-3-5-15(14)13-22-21(26)17-7-9-20(25-24-17)23-16-6-8-18-19(12-16)28-11-10-27-18/h2-9,12H,10-11,13H2,1H3,(H,22,26)(H,23,25). The second-order valence-electron chi connectivity index (χ2n) is 6.40. The second-order valence-corrected chi connectivity index (χ2v) is 6.40. The van der Waals surface area contributed by atoms with Gasteiger partial charge in [-0.25, -0.2) is 0 Å². The van der Waals surface area contributed by atoms with Gasteiger partial charge >= 0.3 is 0 Å². The van der Waals surface area contributed by atoms with Gasteiger partial charge in [-0.15, -0.1) is 10.2 Å². The SMILES string of the molecule is Cc1ccccc1CNC(=O)c1ccc(Nc2ccc3c(c2)OCCO3)nn1. The van der Waals surface area contributed by atoms with Crippen LogP contribution >= 0.6 is 0 Å². The zero-order chi connectivity index (χ0) is 19.3. The Bertz CT molecular complexity index is 989. The smallest absolute Gasteiger partial charge is 0.272 e. The topological polar surface area (TPSA) is 85.4 Å². The van der Waals surface area contributed by atoms with Gasteiger partial charge in [-0.2, -0.15) is 0 Å². The molecule has 2 heterocycles. The molecule has 0 fully saturated rings. The molecular weight excluding hydrogens is 356 g/mol. The molecule has 4 rings (SSSR count). The van der Waals surface area contributed by atoms with Crippen molar-refractivity contribution in [2.75, 3.05) is 18.5 Å². The highest BCUT2D eigenvalue weighted by atomic mass is 16.6. The van der Waals surface area contributed by atoms with Crippen LogP contribution in [0.3, 0.4) is 0 Å². The molecular formula is C21H20N4O3. The van der Waals surface area contributed by atoms with Crippen molar-refractivity contribution in [1.29, 1.82) is 0 Å². The van der Waals surface area contributed by atoms with E-state index in [-0.39, 0.29) is 11.6 Å². The molecule has 0 aliphatic carbocycles. The highest BCUT2D eigenvalue weighted by Gasteiger charge is 2.13. The fraction of sp³-hybridized carbons (Fsp3) is 0.190. The number of carbonyl (C=O) groups is 1. The number of ether oxygens (including phenoxy) is 2. The number of rotatable bonds is 5. The molecule has 1 aromatic heterocycles. The highest BCUT2D eigenvalue weighted by molar-refractivity contribution is 5.92. The first-order chi connectivity index (χ1) is 13.7. The van der Waals surface area contributed by atoms with Gasteiger partial charge < -0.3 is 20.1 Å². The Labute approximate surface area is 162 Å². The quantitative estimate of drug-likeness (QED) is 0.711. The minimum Gasteiger partial charge on any atom is -0.486 e. The van der Waals surface area contributed by atoms with Crippen molar-refractivity contribution in [3.8, 4) is 11.5 Å². The molecule has 0 radical (unpaired) electrons. The molecule has 0 atom stereocenters. The summed E-state index contributed by atoms with van der Waals surface area (Å²) in [5, 5.41) is 14.1. The minimum absolute atomic E-state index is 0.262. The average Bonchev–Trinajstić information content (AvgIpc) is 2.73. The van der Waals surface area contributed by atoms with Crippen molar-refractivity contribution < 1.29 is 14.3 Å². The Morgan fingerprint density at radius 2 is 1.82 bits per heavy atom. The number of anilines is 2. The van der Waals surface area contributed by atoms with E-state index in [1.54, 1.807) is 12.1 Å². The Kier molecular flexibility index (Phi) is 5.05. The number of fused-ring (bicyclic) bond motifs is 1. The molecule has 2 aromatic carbocycles. The van der Waals surface area contributed by atoms with E-state index in [9.17, 15) is 4.79 Å². The maximum absolute atomic E-state index is 12.3. The predicted octanol–water partition coefficient (Wildman–Crippen LogP) is 3.23. The summed E-state index contributed by atoms with van der Waals surface area (Å²) in [7, 11) is 0. The van der Waals surface area contributed by atoms with E-state index in [1.165, 1.54) is 0 Å². The first kappa shape index (κ1) is 17.8. The molecule has 0 unspecified atom stereocenters. The highest BCUT2D eigenvalue weighted by Crippen LogP contribution is 2.33. The Morgan fingerprint density at radius 1 is 1.00 bits per heavy atom. The summed E-state index contributed by atoms with van der Waals surface area (Å²) in [6.45, 7) is 3.55. The molecule has 2 N–H and O–H groups in total. The molecule has 0 bridgehead atoms. The number of aromatic nitrogens is 2. The molecule has 7 nitrogen and oxygen atoms in total. The van der Waals surface area contributed by atoms with E-state index in [0.717, 1.165) is 22.6 Å². The molecule has 7 heteroatoms. The largest absolute Gasteiger partial charge is 0.486 e. The molecule has 1 amide bonds. The molecule has 0 saturated heterocycles. The van der Waals surface area contributed by atoms with Crippen molar-refractivity contribution in [2.24, 2.45) is 0 Å². The second kappa shape index (κ2) is 7.96. The third-order valence-corrected chi connectivity index (χ3v) is 4.41. The lowest BCUT2D eigenvalue weighted by atomic mass is 10.1. The zero-order valence-electron chi connectivity index (χ0n) is 15.4. The van der Waals surface area contributed by atoms with E-state index >= 15 is 0 Å². The summed E-state index contributed by atoms with van der Waals surface area (Å²) >= 11 is 0. The number of amides is 1. The number of hydrogen-bond donors (Lipinski definition) is 2. The van der Waals surface area contributed by atoms with Crippen molar-refractivity contribution >= 4 is 17.4 Å². The van der Waals surface area contributed by atoms with Crippen LogP contribution in [0.25, 0.3) is 0 Å². The maximum atomic E-state index is 12.3. The fourth-order valence-corrected chi connectivity index (χ4v) is 2.86. The minimum atomic E-state index is -0.262. The number of hydrogen-bond acceptors (Lipinski definition) is 6. The predicted molar refractivity (Wildman–Crippen MR) is 105 cm³/mol. The number of aryl methyl sites for hydroxylation is 1. The summed E-state index contributed by atoms with van der Waals surface area (Å²) in [6, 6.07) is 16.8. The lowest BCUT2D eigenvalue weighted by Crippen LogP contribution is -2.24. The van der Waals surface area contributed by atoms with Crippen LogP contribution in [0.5, 0.6) is 11.5 Å². The van der Waals surface area contributed by atoms with Crippen molar-refractivity contribution in [3.63, 3.8) is 0 Å². The zero-order valence-corrected chi connectivity index (χ0v) is 15.4. The summed E-state index contributed by atoms with van der Waals surface area (Å²) < 4.78 is 11.1. The molecule has 0 spiro atoms. The number of nitrogens with zero attached hydrogens (tertiary/aromatic N) is 2. The third kappa shape index (κ3) is 4.03. The van der Waals surface area contributed by atoms with Crippen LogP contribution in [0.2, 0.25) is 0 Å². The van der Waals surface area contributed by atoms with Gasteiger partial charge in [-0.05, 0) is 42.3 Å². The number of carbonyl (C=O) groups excluding carboxylic acids is 1. The summed E-state index contributed by atoms with van der Waals surface area (Å²) in [4.78, 5) is 12.3. The van der Waals surface area contributed by atoms with E-state index in [1.807, 2.05) is 49.4 Å². The van der Waals surface area contributed by atoms with Crippen molar-refractivity contribution in [2.45, 2.75) is 13.5 Å². The van der Waals surface area contributed by atoms with Crippen molar-refractivity contribution in [3.05, 3.63) is 71.4 Å². The van der Waals surface area contributed by atoms with Gasteiger partial charge in [-0.3, -0.25) is 4.79 Å². The van der Waals surface area contributed by atoms with Crippen LogP contribution in [-0.2, 0) is 6.54 Å². The molecule has 1 aliphatic rings. The van der Waals surface area contributed by atoms with Crippen molar-refractivity contribution in [1.82, 2.24) is 15.5 Å². The summed E-state index contributed by atoms with van der Waals surface area (Å²) in [5.74, 6) is 1.69.